The standard InChI is InChI=1S/C41H45ClN6O3/c1-27-23-38(43-33-12-10-32(42)11-13-33)37-25-31(9-16-39(37)48(27)28(2)49)30-7-14-35(15-8-30)46-20-17-34(18-21-46)45(3)26-29-5-4-6-36(24-29)47-22-19-40(50)44-41(47)51/h4-16,24-25,27,34,38,43H,17-23,26H2,1-3H3,(H,44,50,51). The van der Waals surface area contributed by atoms with Gasteiger partial charge in [0.15, 0.2) is 0 Å². The number of anilines is 4. The zero-order chi connectivity index (χ0) is 35.6. The normalized spacial score (nSPS) is 19.6. The number of urea groups is 1. The molecule has 4 aromatic rings. The van der Waals surface area contributed by atoms with Gasteiger partial charge in [0, 0.05) is 79.4 Å². The first kappa shape index (κ1) is 34.6. The summed E-state index contributed by atoms with van der Waals surface area (Å²) in [5.74, 6) is -0.169. The van der Waals surface area contributed by atoms with Crippen LogP contribution in [0, 0.1) is 0 Å². The Morgan fingerprint density at radius 2 is 1.63 bits per heavy atom. The molecule has 9 nitrogen and oxygen atoms in total. The van der Waals surface area contributed by atoms with Crippen molar-refractivity contribution in [2.24, 2.45) is 0 Å². The fraction of sp³-hybridized carbons (Fsp3) is 0.341. The minimum atomic E-state index is -0.355. The average molecular weight is 705 g/mol. The van der Waals surface area contributed by atoms with Crippen LogP contribution in [-0.2, 0) is 16.1 Å². The summed E-state index contributed by atoms with van der Waals surface area (Å²) < 4.78 is 0. The van der Waals surface area contributed by atoms with Gasteiger partial charge in [-0.2, -0.15) is 0 Å². The van der Waals surface area contributed by atoms with E-state index >= 15 is 0 Å². The monoisotopic (exact) mass is 704 g/mol. The lowest BCUT2D eigenvalue weighted by atomic mass is 9.89. The van der Waals surface area contributed by atoms with Crippen LogP contribution in [-0.4, -0.2) is 61.5 Å². The highest BCUT2D eigenvalue weighted by Crippen LogP contribution is 2.41. The first-order valence-corrected chi connectivity index (χ1v) is 18.2. The van der Waals surface area contributed by atoms with Gasteiger partial charge in [-0.25, -0.2) is 4.79 Å². The lowest BCUT2D eigenvalue weighted by Crippen LogP contribution is -2.49. The summed E-state index contributed by atoms with van der Waals surface area (Å²) >= 11 is 6.15. The number of benzene rings is 4. The number of amides is 4. The molecule has 0 aliphatic carbocycles. The van der Waals surface area contributed by atoms with Crippen molar-refractivity contribution in [3.63, 3.8) is 0 Å². The summed E-state index contributed by atoms with van der Waals surface area (Å²) in [4.78, 5) is 45.1. The zero-order valence-electron chi connectivity index (χ0n) is 29.4. The van der Waals surface area contributed by atoms with Crippen LogP contribution in [0.25, 0.3) is 11.1 Å². The summed E-state index contributed by atoms with van der Waals surface area (Å²) in [6.07, 6.45) is 3.24. The second kappa shape index (κ2) is 14.8. The second-order valence-corrected chi connectivity index (χ2v) is 14.5. The summed E-state index contributed by atoms with van der Waals surface area (Å²) in [5.41, 5.74) is 8.54. The van der Waals surface area contributed by atoms with E-state index < -0.39 is 0 Å². The third-order valence-electron chi connectivity index (χ3n) is 10.6. The van der Waals surface area contributed by atoms with Crippen molar-refractivity contribution in [1.29, 1.82) is 0 Å². The molecule has 2 unspecified atom stereocenters. The molecule has 0 saturated carbocycles. The van der Waals surface area contributed by atoms with Crippen molar-refractivity contribution in [2.45, 2.75) is 64.2 Å². The largest absolute Gasteiger partial charge is 0.378 e. The zero-order valence-corrected chi connectivity index (χ0v) is 30.2. The molecule has 4 amide bonds. The molecule has 3 heterocycles. The van der Waals surface area contributed by atoms with Crippen LogP contribution in [0.5, 0.6) is 0 Å². The molecule has 264 valence electrons. The third kappa shape index (κ3) is 7.60. The average Bonchev–Trinajstić information content (AvgIpc) is 3.12. The maximum atomic E-state index is 12.7. The number of carbonyl (C=O) groups excluding carboxylic acids is 3. The first-order chi connectivity index (χ1) is 24.6. The van der Waals surface area contributed by atoms with E-state index in [0.717, 1.165) is 78.2 Å². The van der Waals surface area contributed by atoms with Gasteiger partial charge < -0.3 is 15.1 Å². The molecule has 4 aromatic carbocycles. The smallest absolute Gasteiger partial charge is 0.328 e. The Balaban J connectivity index is 0.996. The number of imide groups is 1. The highest BCUT2D eigenvalue weighted by atomic mass is 35.5. The first-order valence-electron chi connectivity index (χ1n) is 17.8. The highest BCUT2D eigenvalue weighted by Gasteiger charge is 2.33. The van der Waals surface area contributed by atoms with Gasteiger partial charge in [0.25, 0.3) is 0 Å². The van der Waals surface area contributed by atoms with Crippen molar-refractivity contribution in [2.75, 3.05) is 46.7 Å². The van der Waals surface area contributed by atoms with Crippen LogP contribution in [0.3, 0.4) is 0 Å². The summed E-state index contributed by atoms with van der Waals surface area (Å²) in [6.45, 7) is 6.90. The predicted octanol–water partition coefficient (Wildman–Crippen LogP) is 7.85. The van der Waals surface area contributed by atoms with Crippen LogP contribution in [0.4, 0.5) is 27.5 Å². The molecule has 51 heavy (non-hydrogen) atoms. The van der Waals surface area contributed by atoms with E-state index in [1.807, 2.05) is 41.3 Å². The van der Waals surface area contributed by atoms with Gasteiger partial charge in [-0.05, 0) is 116 Å². The molecule has 0 radical (unpaired) electrons. The number of halogens is 1. The Kier molecular flexibility index (Phi) is 10.0. The lowest BCUT2D eigenvalue weighted by molar-refractivity contribution is -0.120. The van der Waals surface area contributed by atoms with Crippen LogP contribution >= 0.6 is 11.6 Å². The van der Waals surface area contributed by atoms with Gasteiger partial charge in [-0.3, -0.25) is 24.7 Å². The quantitative estimate of drug-likeness (QED) is 0.194. The Hall–Kier alpha value is -4.86. The minimum absolute atomic E-state index is 0.0532. The van der Waals surface area contributed by atoms with Gasteiger partial charge in [-0.15, -0.1) is 0 Å². The Labute approximate surface area is 305 Å². The van der Waals surface area contributed by atoms with E-state index in [9.17, 15) is 14.4 Å². The van der Waals surface area contributed by atoms with E-state index in [-0.39, 0.29) is 29.9 Å². The maximum Gasteiger partial charge on any atom is 0.328 e. The molecule has 2 atom stereocenters. The number of hydrogen-bond donors (Lipinski definition) is 2. The van der Waals surface area contributed by atoms with E-state index in [4.69, 9.17) is 11.6 Å². The van der Waals surface area contributed by atoms with E-state index in [1.165, 1.54) is 5.69 Å². The molecule has 3 aliphatic rings. The number of hydrogen-bond acceptors (Lipinski definition) is 6. The summed E-state index contributed by atoms with van der Waals surface area (Å²) in [5, 5.41) is 6.81. The molecular formula is C41H45ClN6O3. The fourth-order valence-corrected chi connectivity index (χ4v) is 8.01. The SMILES string of the molecule is CC(=O)N1c2ccc(-c3ccc(N4CCC(N(C)Cc5cccc(N6CCC(=O)NC6=O)c5)CC4)cc3)cc2C(Nc2ccc(Cl)cc2)CC1C. The summed E-state index contributed by atoms with van der Waals surface area (Å²) in [7, 11) is 2.18. The Bertz CT molecular complexity index is 1910. The van der Waals surface area contributed by atoms with E-state index in [1.54, 1.807) is 11.8 Å². The molecule has 7 rings (SSSR count). The van der Waals surface area contributed by atoms with Crippen LogP contribution in [0.15, 0.2) is 91.0 Å². The van der Waals surface area contributed by atoms with Gasteiger partial charge in [0.05, 0.1) is 6.04 Å². The maximum absolute atomic E-state index is 12.7. The lowest BCUT2D eigenvalue weighted by Gasteiger charge is -2.40. The molecule has 2 fully saturated rings. The highest BCUT2D eigenvalue weighted by molar-refractivity contribution is 6.30. The molecule has 3 aliphatic heterocycles. The molecule has 0 bridgehead atoms. The third-order valence-corrected chi connectivity index (χ3v) is 10.8. The predicted molar refractivity (Wildman–Crippen MR) is 206 cm³/mol. The fourth-order valence-electron chi connectivity index (χ4n) is 7.89. The Morgan fingerprint density at radius 3 is 2.33 bits per heavy atom. The van der Waals surface area contributed by atoms with Crippen molar-refractivity contribution in [3.05, 3.63) is 107 Å². The number of fused-ring (bicyclic) bond motifs is 1. The van der Waals surface area contributed by atoms with Gasteiger partial charge in [-0.1, -0.05) is 41.9 Å². The van der Waals surface area contributed by atoms with Gasteiger partial charge >= 0.3 is 6.03 Å². The van der Waals surface area contributed by atoms with Crippen molar-refractivity contribution < 1.29 is 14.4 Å². The number of carbonyl (C=O) groups is 3. The number of piperidine rings is 1. The van der Waals surface area contributed by atoms with Gasteiger partial charge in [0.1, 0.15) is 0 Å². The minimum Gasteiger partial charge on any atom is -0.378 e. The number of nitrogens with one attached hydrogen (secondary N) is 2. The summed E-state index contributed by atoms with van der Waals surface area (Å²) in [6, 6.07) is 31.4. The molecular weight excluding hydrogens is 660 g/mol. The number of rotatable bonds is 8. The van der Waals surface area contributed by atoms with Crippen LogP contribution < -0.4 is 25.3 Å². The Morgan fingerprint density at radius 1 is 0.902 bits per heavy atom. The molecule has 0 aromatic heterocycles. The van der Waals surface area contributed by atoms with Crippen molar-refractivity contribution in [1.82, 2.24) is 10.2 Å². The molecule has 2 saturated heterocycles. The molecule has 2 N–H and O–H groups in total. The van der Waals surface area contributed by atoms with Crippen LogP contribution in [0.2, 0.25) is 5.02 Å². The van der Waals surface area contributed by atoms with Crippen molar-refractivity contribution >= 4 is 52.2 Å². The molecule has 10 heteroatoms. The van der Waals surface area contributed by atoms with E-state index in [2.05, 4.69) is 89.0 Å². The van der Waals surface area contributed by atoms with E-state index in [0.29, 0.717) is 24.0 Å². The number of nitrogens with zero attached hydrogens (tertiary/aromatic N) is 4. The van der Waals surface area contributed by atoms with Crippen molar-refractivity contribution in [3.8, 4) is 11.1 Å². The van der Waals surface area contributed by atoms with Crippen LogP contribution in [0.1, 0.15) is 56.7 Å². The molecule has 0 spiro atoms. The topological polar surface area (TPSA) is 88.2 Å². The van der Waals surface area contributed by atoms with Gasteiger partial charge in [0.2, 0.25) is 11.8 Å². The second-order valence-electron chi connectivity index (χ2n) is 14.1.